The maximum Gasteiger partial charge on any atom is 0.305 e. The van der Waals surface area contributed by atoms with E-state index in [1.54, 1.807) is 19.1 Å². The summed E-state index contributed by atoms with van der Waals surface area (Å²) in [6.45, 7) is 3.78. The summed E-state index contributed by atoms with van der Waals surface area (Å²) < 4.78 is 0. The molecule has 0 heterocycles. The van der Waals surface area contributed by atoms with E-state index < -0.39 is 24.2 Å². The third kappa shape index (κ3) is 5.38. The molecule has 0 aliphatic carbocycles. The monoisotopic (exact) mass is 267 g/mol. The lowest BCUT2D eigenvalue weighted by atomic mass is 9.98. The van der Waals surface area contributed by atoms with Gasteiger partial charge in [-0.2, -0.15) is 0 Å². The fourth-order valence-corrected chi connectivity index (χ4v) is 1.80. The topological polar surface area (TPSA) is 89.8 Å². The molecule has 1 aromatic rings. The summed E-state index contributed by atoms with van der Waals surface area (Å²) in [5.41, 5.74) is 1.73. The quantitative estimate of drug-likeness (QED) is 0.588. The molecule has 0 spiro atoms. The number of aryl methyl sites for hydroxylation is 1. The molecule has 0 aliphatic heterocycles. The zero-order valence-corrected chi connectivity index (χ0v) is 11.2. The second-order valence-electron chi connectivity index (χ2n) is 4.82. The molecule has 3 atom stereocenters. The van der Waals surface area contributed by atoms with Gasteiger partial charge in [-0.3, -0.25) is 4.79 Å². The molecule has 0 radical (unpaired) electrons. The van der Waals surface area contributed by atoms with Crippen LogP contribution < -0.4 is 5.32 Å². The van der Waals surface area contributed by atoms with Crippen molar-refractivity contribution in [1.29, 1.82) is 0 Å². The van der Waals surface area contributed by atoms with Crippen LogP contribution in [-0.4, -0.2) is 40.0 Å². The molecular formula is C14H21NO4. The van der Waals surface area contributed by atoms with Crippen molar-refractivity contribution in [2.75, 3.05) is 6.54 Å². The second-order valence-corrected chi connectivity index (χ2v) is 4.82. The number of carbonyl (C=O) groups is 1. The minimum atomic E-state index is -0.991. The first-order valence-electron chi connectivity index (χ1n) is 6.28. The number of aliphatic hydroxyl groups excluding tert-OH is 2. The summed E-state index contributed by atoms with van der Waals surface area (Å²) in [6, 6.07) is 6.66. The van der Waals surface area contributed by atoms with Gasteiger partial charge in [-0.05, 0) is 19.4 Å². The summed E-state index contributed by atoms with van der Waals surface area (Å²) in [5, 5.41) is 31.2. The van der Waals surface area contributed by atoms with E-state index in [4.69, 9.17) is 5.11 Å². The average molecular weight is 267 g/mol. The van der Waals surface area contributed by atoms with Crippen molar-refractivity contribution >= 4 is 5.97 Å². The van der Waals surface area contributed by atoms with Crippen LogP contribution in [0.4, 0.5) is 0 Å². The van der Waals surface area contributed by atoms with Crippen LogP contribution in [0.1, 0.15) is 30.6 Å². The molecule has 0 fully saturated rings. The third-order valence-electron chi connectivity index (χ3n) is 2.87. The minimum absolute atomic E-state index is 0.207. The molecule has 0 bridgehead atoms. The van der Waals surface area contributed by atoms with Crippen molar-refractivity contribution in [2.24, 2.45) is 0 Å². The van der Waals surface area contributed by atoms with Gasteiger partial charge in [0.2, 0.25) is 0 Å². The van der Waals surface area contributed by atoms with Crippen LogP contribution in [0.2, 0.25) is 0 Å². The molecule has 0 aromatic heterocycles. The van der Waals surface area contributed by atoms with Crippen LogP contribution >= 0.6 is 0 Å². The Morgan fingerprint density at radius 1 is 1.26 bits per heavy atom. The van der Waals surface area contributed by atoms with Crippen LogP contribution in [0.15, 0.2) is 24.3 Å². The number of aliphatic carboxylic acids is 1. The molecule has 5 nitrogen and oxygen atoms in total. The van der Waals surface area contributed by atoms with E-state index in [0.29, 0.717) is 5.56 Å². The maximum atomic E-state index is 10.8. The number of carboxylic acid groups (broad SMARTS) is 1. The second kappa shape index (κ2) is 7.23. The van der Waals surface area contributed by atoms with Crippen LogP contribution in [0.25, 0.3) is 0 Å². The van der Waals surface area contributed by atoms with Gasteiger partial charge in [-0.1, -0.05) is 29.8 Å². The van der Waals surface area contributed by atoms with Gasteiger partial charge in [-0.15, -0.1) is 0 Å². The van der Waals surface area contributed by atoms with E-state index >= 15 is 0 Å². The molecule has 0 saturated carbocycles. The number of benzene rings is 1. The molecular weight excluding hydrogens is 246 g/mol. The van der Waals surface area contributed by atoms with E-state index in [-0.39, 0.29) is 13.0 Å². The van der Waals surface area contributed by atoms with Crippen molar-refractivity contribution in [1.82, 2.24) is 5.32 Å². The molecule has 0 amide bonds. The molecule has 1 rings (SSSR count). The average Bonchev–Trinajstić information content (AvgIpc) is 2.34. The van der Waals surface area contributed by atoms with E-state index in [1.807, 2.05) is 19.1 Å². The Bertz CT molecular complexity index is 402. The normalized spacial score (nSPS) is 15.8. The number of nitrogens with one attached hydrogen (secondary N) is 1. The van der Waals surface area contributed by atoms with Gasteiger partial charge >= 0.3 is 5.97 Å². The molecule has 0 aliphatic rings. The van der Waals surface area contributed by atoms with E-state index in [9.17, 15) is 15.0 Å². The van der Waals surface area contributed by atoms with Crippen molar-refractivity contribution in [3.63, 3.8) is 0 Å². The zero-order valence-electron chi connectivity index (χ0n) is 11.2. The lowest BCUT2D eigenvalue weighted by Gasteiger charge is -2.24. The highest BCUT2D eigenvalue weighted by atomic mass is 16.4. The Morgan fingerprint density at radius 3 is 2.32 bits per heavy atom. The number of rotatable bonds is 7. The van der Waals surface area contributed by atoms with E-state index in [2.05, 4.69) is 5.32 Å². The van der Waals surface area contributed by atoms with Crippen LogP contribution in [0, 0.1) is 6.92 Å². The number of hydrogen-bond acceptors (Lipinski definition) is 4. The largest absolute Gasteiger partial charge is 0.481 e. The highest BCUT2D eigenvalue weighted by Gasteiger charge is 2.23. The highest BCUT2D eigenvalue weighted by Crippen LogP contribution is 2.19. The van der Waals surface area contributed by atoms with Crippen molar-refractivity contribution in [3.8, 4) is 0 Å². The Labute approximate surface area is 112 Å². The Balaban J connectivity index is 2.77. The third-order valence-corrected chi connectivity index (χ3v) is 2.87. The molecule has 4 N–H and O–H groups in total. The first-order chi connectivity index (χ1) is 8.90. The van der Waals surface area contributed by atoms with Gasteiger partial charge in [0.1, 0.15) is 0 Å². The number of carboxylic acids is 1. The Morgan fingerprint density at radius 2 is 1.84 bits per heavy atom. The highest BCUT2D eigenvalue weighted by molar-refractivity contribution is 5.67. The summed E-state index contributed by atoms with van der Waals surface area (Å²) >= 11 is 0. The first-order valence-corrected chi connectivity index (χ1v) is 6.28. The summed E-state index contributed by atoms with van der Waals surface area (Å²) in [6.07, 6.45) is -1.72. The molecule has 1 aromatic carbocycles. The molecule has 106 valence electrons. The fourth-order valence-electron chi connectivity index (χ4n) is 1.80. The molecule has 0 saturated heterocycles. The molecule has 19 heavy (non-hydrogen) atoms. The predicted molar refractivity (Wildman–Crippen MR) is 71.9 cm³/mol. The summed E-state index contributed by atoms with van der Waals surface area (Å²) in [7, 11) is 0. The Kier molecular flexibility index (Phi) is 5.95. The zero-order chi connectivity index (χ0) is 14.4. The van der Waals surface area contributed by atoms with Crippen LogP contribution in [0.5, 0.6) is 0 Å². The standard InChI is InChI=1S/C14H21NO4/c1-9-3-5-11(6-4-9)14(19)12(7-13(17)18)15-8-10(2)16/h3-6,10,12,14-16,19H,7-8H2,1-2H3,(H,17,18). The van der Waals surface area contributed by atoms with Gasteiger partial charge < -0.3 is 20.6 Å². The maximum absolute atomic E-state index is 10.8. The van der Waals surface area contributed by atoms with Gasteiger partial charge in [0, 0.05) is 12.6 Å². The first kappa shape index (κ1) is 15.6. The van der Waals surface area contributed by atoms with E-state index in [1.165, 1.54) is 0 Å². The predicted octanol–water partition coefficient (Wildman–Crippen LogP) is 0.842. The van der Waals surface area contributed by atoms with E-state index in [0.717, 1.165) is 5.56 Å². The number of aliphatic hydroxyl groups is 2. The van der Waals surface area contributed by atoms with Crippen molar-refractivity contribution < 1.29 is 20.1 Å². The summed E-state index contributed by atoms with van der Waals surface area (Å²) in [5.74, 6) is -0.991. The minimum Gasteiger partial charge on any atom is -0.481 e. The lowest BCUT2D eigenvalue weighted by molar-refractivity contribution is -0.138. The van der Waals surface area contributed by atoms with Crippen molar-refractivity contribution in [3.05, 3.63) is 35.4 Å². The molecule has 3 unspecified atom stereocenters. The van der Waals surface area contributed by atoms with Crippen molar-refractivity contribution in [2.45, 2.75) is 38.5 Å². The van der Waals surface area contributed by atoms with Crippen LogP contribution in [-0.2, 0) is 4.79 Å². The van der Waals surface area contributed by atoms with Gasteiger partial charge in [-0.25, -0.2) is 0 Å². The van der Waals surface area contributed by atoms with Gasteiger partial charge in [0.15, 0.2) is 0 Å². The summed E-state index contributed by atoms with van der Waals surface area (Å²) in [4.78, 5) is 10.8. The number of hydrogen-bond donors (Lipinski definition) is 4. The van der Waals surface area contributed by atoms with Gasteiger partial charge in [0.25, 0.3) is 0 Å². The fraction of sp³-hybridized carbons (Fsp3) is 0.500. The smallest absolute Gasteiger partial charge is 0.305 e. The lowest BCUT2D eigenvalue weighted by Crippen LogP contribution is -2.40. The van der Waals surface area contributed by atoms with Gasteiger partial charge in [0.05, 0.1) is 18.6 Å². The SMILES string of the molecule is Cc1ccc(C(O)C(CC(=O)O)NCC(C)O)cc1. The van der Waals surface area contributed by atoms with Crippen LogP contribution in [0.3, 0.4) is 0 Å². The Hall–Kier alpha value is -1.43. The molecule has 5 heteroatoms.